The van der Waals surface area contributed by atoms with Gasteiger partial charge in [-0.3, -0.25) is 4.79 Å². The Morgan fingerprint density at radius 1 is 1.14 bits per heavy atom. The summed E-state index contributed by atoms with van der Waals surface area (Å²) < 4.78 is 51.9. The number of amides is 1. The third kappa shape index (κ3) is 4.95. The van der Waals surface area contributed by atoms with Crippen LogP contribution in [0.2, 0.25) is 0 Å². The normalized spacial score (nSPS) is 13.2. The summed E-state index contributed by atoms with van der Waals surface area (Å²) in [6.07, 6.45) is -3.97. The zero-order valence-electron chi connectivity index (χ0n) is 16.0. The molecule has 0 unspecified atom stereocenters. The summed E-state index contributed by atoms with van der Waals surface area (Å²) in [5.41, 5.74) is -3.05. The zero-order chi connectivity index (χ0) is 21.7. The Labute approximate surface area is 165 Å². The van der Waals surface area contributed by atoms with Gasteiger partial charge in [0.2, 0.25) is 0 Å². The molecule has 2 N–H and O–H groups in total. The maximum absolute atomic E-state index is 14.1. The van der Waals surface area contributed by atoms with E-state index in [1.807, 2.05) is 5.32 Å². The number of aromatic nitrogens is 1. The van der Waals surface area contributed by atoms with Crippen molar-refractivity contribution in [3.63, 3.8) is 0 Å². The van der Waals surface area contributed by atoms with Gasteiger partial charge >= 0.3 is 17.8 Å². The predicted molar refractivity (Wildman–Crippen MR) is 98.5 cm³/mol. The average Bonchev–Trinajstić information content (AvgIpc) is 2.66. The molecule has 0 aliphatic heterocycles. The molecule has 0 bridgehead atoms. The van der Waals surface area contributed by atoms with Gasteiger partial charge in [-0.2, -0.15) is 13.2 Å². The monoisotopic (exact) mass is 411 g/mol. The summed E-state index contributed by atoms with van der Waals surface area (Å²) in [7, 11) is 1.41. The number of rotatable bonds is 7. The molecule has 1 heterocycles. The Balaban J connectivity index is 2.48. The van der Waals surface area contributed by atoms with Gasteiger partial charge in [0.1, 0.15) is 11.6 Å². The number of aryl methyl sites for hydroxylation is 1. The van der Waals surface area contributed by atoms with E-state index in [2.05, 4.69) is 9.72 Å². The number of benzene rings is 1. The molecule has 0 saturated heterocycles. The van der Waals surface area contributed by atoms with Crippen molar-refractivity contribution in [2.45, 2.75) is 25.7 Å². The Hall–Kier alpha value is -3.30. The van der Waals surface area contributed by atoms with Crippen molar-refractivity contribution >= 4 is 17.7 Å². The topological polar surface area (TPSA) is 89.5 Å². The van der Waals surface area contributed by atoms with Crippen LogP contribution in [0.3, 0.4) is 0 Å². The van der Waals surface area contributed by atoms with E-state index in [0.29, 0.717) is 11.3 Å². The number of halogens is 3. The maximum Gasteiger partial charge on any atom is 0.441 e. The van der Waals surface area contributed by atoms with Crippen LogP contribution in [0.1, 0.15) is 22.8 Å². The number of methoxy groups -OCH3 is 1. The highest BCUT2D eigenvalue weighted by Gasteiger charge is 2.64. The summed E-state index contributed by atoms with van der Waals surface area (Å²) in [6.45, 7) is 2.68. The number of alkyl halides is 3. The first-order valence-electron chi connectivity index (χ1n) is 8.54. The van der Waals surface area contributed by atoms with Gasteiger partial charge in [0, 0.05) is 11.8 Å². The second-order valence-electron chi connectivity index (χ2n) is 5.99. The van der Waals surface area contributed by atoms with Crippen LogP contribution in [0.25, 0.3) is 0 Å². The first-order chi connectivity index (χ1) is 13.6. The van der Waals surface area contributed by atoms with Crippen LogP contribution >= 0.6 is 0 Å². The number of nitrogens with one attached hydrogen (secondary N) is 2. The fraction of sp³-hybridized carbons (Fsp3) is 0.316. The number of hydrogen-bond acceptors (Lipinski definition) is 6. The third-order valence-corrected chi connectivity index (χ3v) is 3.89. The van der Waals surface area contributed by atoms with Gasteiger partial charge in [0.25, 0.3) is 5.91 Å². The largest absolute Gasteiger partial charge is 0.497 e. The minimum atomic E-state index is -5.24. The second kappa shape index (κ2) is 8.80. The average molecular weight is 411 g/mol. The minimum absolute atomic E-state index is 0.109. The lowest BCUT2D eigenvalue weighted by Gasteiger charge is -2.35. The summed E-state index contributed by atoms with van der Waals surface area (Å²) >= 11 is 0. The fourth-order valence-electron chi connectivity index (χ4n) is 2.41. The molecule has 29 heavy (non-hydrogen) atoms. The van der Waals surface area contributed by atoms with Crippen molar-refractivity contribution < 1.29 is 32.2 Å². The molecule has 0 aliphatic carbocycles. The van der Waals surface area contributed by atoms with E-state index in [0.717, 1.165) is 0 Å². The number of esters is 1. The summed E-state index contributed by atoms with van der Waals surface area (Å²) in [6, 6.07) is 8.23. The van der Waals surface area contributed by atoms with Crippen LogP contribution in [0.15, 0.2) is 42.6 Å². The van der Waals surface area contributed by atoms with Crippen molar-refractivity contribution in [3.05, 3.63) is 53.7 Å². The molecule has 2 aromatic rings. The van der Waals surface area contributed by atoms with Crippen LogP contribution in [0, 0.1) is 6.92 Å². The molecule has 0 aliphatic rings. The SMILES string of the molecule is CCOC(=O)[C@@](NC(=O)c1ccc(OC)cc1)(Nc1cc(C)ccn1)C(F)(F)F. The van der Waals surface area contributed by atoms with Crippen LogP contribution in [0.5, 0.6) is 5.75 Å². The second-order valence-corrected chi connectivity index (χ2v) is 5.99. The van der Waals surface area contributed by atoms with Gasteiger partial charge in [-0.1, -0.05) is 0 Å². The van der Waals surface area contributed by atoms with Gasteiger partial charge in [-0.25, -0.2) is 9.78 Å². The molecule has 1 atom stereocenters. The lowest BCUT2D eigenvalue weighted by Crippen LogP contribution is -2.69. The highest BCUT2D eigenvalue weighted by molar-refractivity contribution is 5.99. The first-order valence-corrected chi connectivity index (χ1v) is 8.54. The molecule has 0 spiro atoms. The molecule has 1 amide bonds. The van der Waals surface area contributed by atoms with Crippen LogP contribution in [-0.4, -0.2) is 42.4 Å². The van der Waals surface area contributed by atoms with Crippen molar-refractivity contribution in [2.75, 3.05) is 19.0 Å². The molecule has 10 heteroatoms. The van der Waals surface area contributed by atoms with Gasteiger partial charge in [-0.05, 0) is 55.8 Å². The van der Waals surface area contributed by atoms with Crippen molar-refractivity contribution in [1.82, 2.24) is 10.3 Å². The molecule has 0 fully saturated rings. The van der Waals surface area contributed by atoms with Crippen LogP contribution < -0.4 is 15.4 Å². The fourth-order valence-corrected chi connectivity index (χ4v) is 2.41. The summed E-state index contributed by atoms with van der Waals surface area (Å²) in [5, 5.41) is 3.76. The highest BCUT2D eigenvalue weighted by Crippen LogP contribution is 2.33. The smallest absolute Gasteiger partial charge is 0.441 e. The van der Waals surface area contributed by atoms with Gasteiger partial charge in [-0.15, -0.1) is 0 Å². The number of nitrogens with zero attached hydrogens (tertiary/aromatic N) is 1. The Morgan fingerprint density at radius 2 is 1.79 bits per heavy atom. The van der Waals surface area contributed by atoms with E-state index in [1.165, 1.54) is 50.6 Å². The molecule has 156 valence electrons. The zero-order valence-corrected chi connectivity index (χ0v) is 16.0. The number of anilines is 1. The Bertz CT molecular complexity index is 872. The quantitative estimate of drug-likeness (QED) is 0.538. The predicted octanol–water partition coefficient (Wildman–Crippen LogP) is 3.06. The molecule has 0 saturated carbocycles. The molecule has 2 rings (SSSR count). The summed E-state index contributed by atoms with van der Waals surface area (Å²) in [4.78, 5) is 28.7. The summed E-state index contributed by atoms with van der Waals surface area (Å²) in [5.74, 6) is -2.70. The van der Waals surface area contributed by atoms with Gasteiger partial charge in [0.15, 0.2) is 0 Å². The van der Waals surface area contributed by atoms with Crippen molar-refractivity contribution in [1.29, 1.82) is 0 Å². The van der Waals surface area contributed by atoms with E-state index >= 15 is 0 Å². The molecular formula is C19H20F3N3O4. The number of carbonyl (C=O) groups is 2. The van der Waals surface area contributed by atoms with E-state index in [-0.39, 0.29) is 18.0 Å². The maximum atomic E-state index is 14.1. The Kier molecular flexibility index (Phi) is 6.68. The van der Waals surface area contributed by atoms with Crippen LogP contribution in [-0.2, 0) is 9.53 Å². The third-order valence-electron chi connectivity index (χ3n) is 3.89. The first kappa shape index (κ1) is 22.0. The molecule has 0 radical (unpaired) electrons. The van der Waals surface area contributed by atoms with E-state index in [4.69, 9.17) is 4.74 Å². The lowest BCUT2D eigenvalue weighted by atomic mass is 10.1. The van der Waals surface area contributed by atoms with Crippen LogP contribution in [0.4, 0.5) is 19.0 Å². The standard InChI is InChI=1S/C19H20F3N3O4/c1-4-29-17(27)18(19(20,21)22,24-15-11-12(2)9-10-23-15)25-16(26)13-5-7-14(28-3)8-6-13/h5-11H,4H2,1-3H3,(H,23,24)(H,25,26)/t18-/m0/s1. The Morgan fingerprint density at radius 3 is 2.31 bits per heavy atom. The minimum Gasteiger partial charge on any atom is -0.497 e. The van der Waals surface area contributed by atoms with E-state index < -0.39 is 23.7 Å². The van der Waals surface area contributed by atoms with E-state index in [9.17, 15) is 22.8 Å². The van der Waals surface area contributed by atoms with E-state index in [1.54, 1.807) is 18.3 Å². The van der Waals surface area contributed by atoms with Crippen molar-refractivity contribution in [2.24, 2.45) is 0 Å². The number of hydrogen-bond donors (Lipinski definition) is 2. The highest BCUT2D eigenvalue weighted by atomic mass is 19.4. The number of ether oxygens (including phenoxy) is 2. The number of carbonyl (C=O) groups excluding carboxylic acids is 2. The van der Waals surface area contributed by atoms with Gasteiger partial charge < -0.3 is 20.1 Å². The molecule has 7 nitrogen and oxygen atoms in total. The number of pyridine rings is 1. The van der Waals surface area contributed by atoms with Gasteiger partial charge in [0.05, 0.1) is 13.7 Å². The van der Waals surface area contributed by atoms with Crippen molar-refractivity contribution in [3.8, 4) is 5.75 Å². The molecule has 1 aromatic carbocycles. The molecule has 1 aromatic heterocycles. The lowest BCUT2D eigenvalue weighted by molar-refractivity contribution is -0.204. The molecular weight excluding hydrogens is 391 g/mol.